The zero-order valence-corrected chi connectivity index (χ0v) is 18.8. The highest BCUT2D eigenvalue weighted by molar-refractivity contribution is 6.06. The van der Waals surface area contributed by atoms with Crippen molar-refractivity contribution in [3.63, 3.8) is 0 Å². The number of methoxy groups -OCH3 is 1. The largest absolute Gasteiger partial charge is 0.458 e. The second-order valence-electron chi connectivity index (χ2n) is 8.60. The fourth-order valence-corrected chi connectivity index (χ4v) is 5.79. The van der Waals surface area contributed by atoms with E-state index in [1.54, 1.807) is 4.57 Å². The first-order valence-electron chi connectivity index (χ1n) is 11.4. The predicted octanol–water partition coefficient (Wildman–Crippen LogP) is 4.25. The molecule has 0 saturated carbocycles. The summed E-state index contributed by atoms with van der Waals surface area (Å²) < 4.78 is 26.8. The Morgan fingerprint density at radius 3 is 2.72 bits per heavy atom. The van der Waals surface area contributed by atoms with E-state index in [0.717, 1.165) is 41.7 Å². The number of esters is 1. The molecule has 0 fully saturated rings. The van der Waals surface area contributed by atoms with Crippen molar-refractivity contribution in [1.82, 2.24) is 4.57 Å². The molecule has 0 N–H and O–H groups in total. The molecule has 1 aromatic heterocycles. The van der Waals surface area contributed by atoms with Crippen LogP contribution in [-0.4, -0.2) is 23.4 Å². The molecule has 4 heterocycles. The second kappa shape index (κ2) is 7.66. The second-order valence-corrected chi connectivity index (χ2v) is 8.60. The van der Waals surface area contributed by atoms with Crippen LogP contribution < -0.4 is 5.56 Å². The van der Waals surface area contributed by atoms with Gasteiger partial charge in [0.1, 0.15) is 12.4 Å². The van der Waals surface area contributed by atoms with E-state index in [1.807, 2.05) is 26.8 Å². The van der Waals surface area contributed by atoms with Gasteiger partial charge in [-0.3, -0.25) is 9.79 Å². The Bertz CT molecular complexity index is 1230. The number of pyridine rings is 1. The number of hydrogen-bond donors (Lipinski definition) is 0. The van der Waals surface area contributed by atoms with Crippen LogP contribution in [0.2, 0.25) is 0 Å². The Hall–Kier alpha value is -2.80. The van der Waals surface area contributed by atoms with E-state index in [1.165, 1.54) is 13.2 Å². The lowest BCUT2D eigenvalue weighted by Crippen LogP contribution is -2.33. The number of rotatable bonds is 1. The van der Waals surface area contributed by atoms with Crippen molar-refractivity contribution in [3.05, 3.63) is 61.8 Å². The topological polar surface area (TPSA) is 69.9 Å². The minimum absolute atomic E-state index is 0.0392. The van der Waals surface area contributed by atoms with Gasteiger partial charge in [0.2, 0.25) is 0 Å². The van der Waals surface area contributed by atoms with E-state index < -0.39 is 12.1 Å². The maximum absolute atomic E-state index is 14.6. The minimum Gasteiger partial charge on any atom is -0.458 e. The van der Waals surface area contributed by atoms with Crippen LogP contribution in [0, 0.1) is 18.7 Å². The first-order valence-corrected chi connectivity index (χ1v) is 11.4. The third-order valence-electron chi connectivity index (χ3n) is 7.23. The Labute approximate surface area is 186 Å². The molecule has 3 aliphatic heterocycles. The molecule has 0 bridgehead atoms. The summed E-state index contributed by atoms with van der Waals surface area (Å²) in [6, 6.07) is 3.38. The maximum atomic E-state index is 14.6. The number of fused-ring (bicyclic) bond motifs is 5. The van der Waals surface area contributed by atoms with Gasteiger partial charge in [-0.05, 0) is 54.9 Å². The number of halogens is 1. The van der Waals surface area contributed by atoms with Gasteiger partial charge in [0, 0.05) is 31.2 Å². The van der Waals surface area contributed by atoms with E-state index in [2.05, 4.69) is 0 Å². The highest BCUT2D eigenvalue weighted by Crippen LogP contribution is 2.50. The van der Waals surface area contributed by atoms with Gasteiger partial charge in [-0.2, -0.15) is 0 Å². The Morgan fingerprint density at radius 1 is 1.19 bits per heavy atom. The normalized spacial score (nSPS) is 24.2. The van der Waals surface area contributed by atoms with Crippen LogP contribution in [0.5, 0.6) is 0 Å². The summed E-state index contributed by atoms with van der Waals surface area (Å²) in [7, 11) is 1.43. The van der Waals surface area contributed by atoms with E-state index >= 15 is 0 Å². The Morgan fingerprint density at radius 2 is 1.97 bits per heavy atom. The van der Waals surface area contributed by atoms with Gasteiger partial charge in [-0.25, -0.2) is 9.18 Å². The summed E-state index contributed by atoms with van der Waals surface area (Å²) >= 11 is 0. The van der Waals surface area contributed by atoms with Gasteiger partial charge >= 0.3 is 5.97 Å². The monoisotopic (exact) mass is 438 g/mol. The molecule has 6 nitrogen and oxygen atoms in total. The van der Waals surface area contributed by atoms with Gasteiger partial charge < -0.3 is 14.0 Å². The molecule has 0 spiro atoms. The molecule has 0 amide bonds. The number of benzene rings is 1. The molecule has 7 heteroatoms. The van der Waals surface area contributed by atoms with Gasteiger partial charge in [-0.1, -0.05) is 13.8 Å². The summed E-state index contributed by atoms with van der Waals surface area (Å²) in [5.41, 5.74) is 6.04. The number of ether oxygens (including phenoxy) is 2. The molecular formula is C25H27FN2O4. The summed E-state index contributed by atoms with van der Waals surface area (Å²) in [5.74, 6) is -0.414. The first-order chi connectivity index (χ1) is 15.5. The number of carbonyl (C=O) groups is 1. The summed E-state index contributed by atoms with van der Waals surface area (Å²) in [6.07, 6.45) is 1.96. The number of aliphatic imine (C=N–C) groups is 1. The van der Waals surface area contributed by atoms with Crippen LogP contribution in [0.1, 0.15) is 72.2 Å². The minimum atomic E-state index is -0.913. The molecule has 4 aliphatic rings. The Kier molecular flexibility index (Phi) is 5.04. The number of hydrogen-bond acceptors (Lipinski definition) is 5. The van der Waals surface area contributed by atoms with Crippen LogP contribution in [0.3, 0.4) is 0 Å². The lowest BCUT2D eigenvalue weighted by Gasteiger charge is -2.35. The van der Waals surface area contributed by atoms with Crippen molar-refractivity contribution in [2.45, 2.75) is 65.2 Å². The fourth-order valence-electron chi connectivity index (χ4n) is 5.79. The smallest absolute Gasteiger partial charge is 0.340 e. The van der Waals surface area contributed by atoms with Crippen molar-refractivity contribution in [3.8, 4) is 0 Å². The summed E-state index contributed by atoms with van der Waals surface area (Å²) in [4.78, 5) is 30.3. The summed E-state index contributed by atoms with van der Waals surface area (Å²) in [6.45, 7) is 6.35. The zero-order valence-electron chi connectivity index (χ0n) is 18.8. The van der Waals surface area contributed by atoms with Crippen LogP contribution >= 0.6 is 0 Å². The molecule has 3 atom stereocenters. The molecule has 168 valence electrons. The lowest BCUT2D eigenvalue weighted by molar-refractivity contribution is -0.159. The van der Waals surface area contributed by atoms with Crippen LogP contribution in [0.4, 0.5) is 10.1 Å². The van der Waals surface area contributed by atoms with Gasteiger partial charge in [0.15, 0.2) is 6.10 Å². The van der Waals surface area contributed by atoms with Crippen molar-refractivity contribution in [2.75, 3.05) is 7.11 Å². The van der Waals surface area contributed by atoms with E-state index in [0.29, 0.717) is 29.1 Å². The van der Waals surface area contributed by atoms with Gasteiger partial charge in [0.05, 0.1) is 22.7 Å². The number of carbonyl (C=O) groups excluding carboxylic acids is 1. The zero-order chi connectivity index (χ0) is 22.7. The number of nitrogens with zero attached hydrogens (tertiary/aromatic N) is 2. The van der Waals surface area contributed by atoms with Crippen LogP contribution in [0.15, 0.2) is 21.9 Å². The lowest BCUT2D eigenvalue weighted by atomic mass is 9.71. The molecule has 32 heavy (non-hydrogen) atoms. The third-order valence-corrected chi connectivity index (χ3v) is 7.23. The number of cyclic esters (lactones) is 1. The third kappa shape index (κ3) is 2.76. The van der Waals surface area contributed by atoms with Gasteiger partial charge in [-0.15, -0.1) is 0 Å². The van der Waals surface area contributed by atoms with Crippen LogP contribution in [-0.2, 0) is 33.8 Å². The van der Waals surface area contributed by atoms with Crippen molar-refractivity contribution >= 4 is 17.4 Å². The number of aromatic nitrogens is 1. The molecule has 0 radical (unpaired) electrons. The molecular weight excluding hydrogens is 411 g/mol. The molecule has 3 unspecified atom stereocenters. The summed E-state index contributed by atoms with van der Waals surface area (Å²) in [5, 5.41) is 0. The van der Waals surface area contributed by atoms with Crippen LogP contribution in [0.25, 0.3) is 0 Å². The average Bonchev–Trinajstić information content (AvgIpc) is 3.18. The predicted molar refractivity (Wildman–Crippen MR) is 118 cm³/mol. The van der Waals surface area contributed by atoms with Gasteiger partial charge in [0.25, 0.3) is 5.56 Å². The van der Waals surface area contributed by atoms with E-state index in [4.69, 9.17) is 14.5 Å². The maximum Gasteiger partial charge on any atom is 0.340 e. The van der Waals surface area contributed by atoms with Crippen molar-refractivity contribution in [2.24, 2.45) is 10.9 Å². The van der Waals surface area contributed by atoms with Crippen molar-refractivity contribution in [1.29, 1.82) is 0 Å². The molecule has 1 aromatic carbocycles. The standard InChI is InChI=1S/C23H21FN2O4.C2H6/c1-10-11-4-3-5-12-14-8-26-18(20(14)25-17(19(11)12)7-16(10)24)6-13-15(22(26)27)9-30-23(28)21(13)29-2;1-2/h6-7,12,14,21H,3-5,8-9H2,1-2H3;1-2H3. The molecule has 2 aromatic rings. The average molecular weight is 438 g/mol. The fraction of sp³-hybridized carbons (Fsp3) is 0.480. The highest BCUT2D eigenvalue weighted by atomic mass is 19.1. The molecule has 6 rings (SSSR count). The molecule has 1 aliphatic carbocycles. The van der Waals surface area contributed by atoms with E-state index in [-0.39, 0.29) is 29.8 Å². The quantitative estimate of drug-likeness (QED) is 0.624. The van der Waals surface area contributed by atoms with E-state index in [9.17, 15) is 14.0 Å². The SMILES string of the molecule is CC.COC1C(=O)OCc2c1cc1n(c2=O)CC2C1=Nc1cc(F)c(C)c3c1C2CCC3. The first kappa shape index (κ1) is 21.1. The highest BCUT2D eigenvalue weighted by Gasteiger charge is 2.44. The van der Waals surface area contributed by atoms with Crippen molar-refractivity contribution < 1.29 is 18.7 Å². The molecule has 0 saturated heterocycles. The Balaban J connectivity index is 0.00000105.